The SMILES string of the molecule is CC1(CNc2ccc(C(F)(F)F)cc2C#N)COC1. The molecule has 1 saturated heterocycles. The molecule has 1 aliphatic heterocycles. The van der Waals surface area contributed by atoms with Gasteiger partial charge in [0.15, 0.2) is 0 Å². The van der Waals surface area contributed by atoms with E-state index in [4.69, 9.17) is 10.00 Å². The molecule has 2 rings (SSSR count). The van der Waals surface area contributed by atoms with Crippen molar-refractivity contribution in [2.45, 2.75) is 13.1 Å². The van der Waals surface area contributed by atoms with E-state index in [0.29, 0.717) is 25.4 Å². The summed E-state index contributed by atoms with van der Waals surface area (Å²) in [7, 11) is 0. The number of benzene rings is 1. The highest BCUT2D eigenvalue weighted by molar-refractivity contribution is 5.59. The van der Waals surface area contributed by atoms with Crippen LogP contribution in [0.4, 0.5) is 18.9 Å². The summed E-state index contributed by atoms with van der Waals surface area (Å²) >= 11 is 0. The van der Waals surface area contributed by atoms with E-state index in [2.05, 4.69) is 5.32 Å². The quantitative estimate of drug-likeness (QED) is 0.918. The summed E-state index contributed by atoms with van der Waals surface area (Å²) in [5, 5.41) is 11.9. The predicted octanol–water partition coefficient (Wildman–Crippen LogP) is 3.03. The Morgan fingerprint density at radius 3 is 2.58 bits per heavy atom. The first kappa shape index (κ1) is 13.7. The van der Waals surface area contributed by atoms with Crippen molar-refractivity contribution in [2.24, 2.45) is 5.41 Å². The molecule has 0 unspecified atom stereocenters. The average molecular weight is 270 g/mol. The Bertz CT molecular complexity index is 516. The highest BCUT2D eigenvalue weighted by Gasteiger charge is 2.34. The van der Waals surface area contributed by atoms with Crippen LogP contribution in [0.2, 0.25) is 0 Å². The fourth-order valence-electron chi connectivity index (χ4n) is 1.83. The first-order valence-corrected chi connectivity index (χ1v) is 5.77. The van der Waals surface area contributed by atoms with Crippen LogP contribution in [0.5, 0.6) is 0 Å². The van der Waals surface area contributed by atoms with Gasteiger partial charge >= 0.3 is 6.18 Å². The Morgan fingerprint density at radius 1 is 1.42 bits per heavy atom. The number of hydrogen-bond donors (Lipinski definition) is 1. The van der Waals surface area contributed by atoms with Gasteiger partial charge in [0.25, 0.3) is 0 Å². The Balaban J connectivity index is 2.15. The molecule has 0 atom stereocenters. The molecule has 1 aromatic carbocycles. The summed E-state index contributed by atoms with van der Waals surface area (Å²) in [6.45, 7) is 3.80. The first-order valence-electron chi connectivity index (χ1n) is 5.77. The largest absolute Gasteiger partial charge is 0.416 e. The van der Waals surface area contributed by atoms with Crippen LogP contribution in [0, 0.1) is 16.7 Å². The monoisotopic (exact) mass is 270 g/mol. The molecule has 1 fully saturated rings. The second-order valence-electron chi connectivity index (χ2n) is 5.03. The van der Waals surface area contributed by atoms with E-state index in [1.54, 1.807) is 6.07 Å². The molecule has 19 heavy (non-hydrogen) atoms. The maximum absolute atomic E-state index is 12.5. The molecular formula is C13H13F3N2O. The van der Waals surface area contributed by atoms with Gasteiger partial charge in [0.05, 0.1) is 30.0 Å². The van der Waals surface area contributed by atoms with Crippen molar-refractivity contribution in [2.75, 3.05) is 25.1 Å². The van der Waals surface area contributed by atoms with E-state index in [9.17, 15) is 13.2 Å². The first-order chi connectivity index (χ1) is 8.84. The number of alkyl halides is 3. The van der Waals surface area contributed by atoms with E-state index >= 15 is 0 Å². The van der Waals surface area contributed by atoms with Crippen molar-refractivity contribution >= 4 is 5.69 Å². The molecule has 1 aromatic rings. The van der Waals surface area contributed by atoms with Gasteiger partial charge < -0.3 is 10.1 Å². The normalized spacial score (nSPS) is 17.4. The zero-order valence-electron chi connectivity index (χ0n) is 10.3. The van der Waals surface area contributed by atoms with Gasteiger partial charge in [-0.3, -0.25) is 0 Å². The van der Waals surface area contributed by atoms with E-state index in [0.717, 1.165) is 12.1 Å². The number of hydrogen-bond acceptors (Lipinski definition) is 3. The van der Waals surface area contributed by atoms with Crippen LogP contribution >= 0.6 is 0 Å². The molecule has 3 nitrogen and oxygen atoms in total. The molecule has 1 heterocycles. The lowest BCUT2D eigenvalue weighted by Gasteiger charge is -2.38. The smallest absolute Gasteiger partial charge is 0.383 e. The number of nitriles is 1. The Labute approximate surface area is 109 Å². The summed E-state index contributed by atoms with van der Waals surface area (Å²) in [5.41, 5.74) is -0.412. The molecule has 0 spiro atoms. The third-order valence-corrected chi connectivity index (χ3v) is 3.07. The lowest BCUT2D eigenvalue weighted by Crippen LogP contribution is -2.45. The summed E-state index contributed by atoms with van der Waals surface area (Å²) in [4.78, 5) is 0. The summed E-state index contributed by atoms with van der Waals surface area (Å²) in [5.74, 6) is 0. The predicted molar refractivity (Wildman–Crippen MR) is 63.6 cm³/mol. The lowest BCUT2D eigenvalue weighted by atomic mass is 9.88. The minimum atomic E-state index is -4.43. The fourth-order valence-corrected chi connectivity index (χ4v) is 1.83. The maximum Gasteiger partial charge on any atom is 0.416 e. The maximum atomic E-state index is 12.5. The number of nitrogens with one attached hydrogen (secondary N) is 1. The minimum Gasteiger partial charge on any atom is -0.383 e. The van der Waals surface area contributed by atoms with Crippen molar-refractivity contribution in [3.63, 3.8) is 0 Å². The van der Waals surface area contributed by atoms with Gasteiger partial charge in [-0.1, -0.05) is 6.92 Å². The third-order valence-electron chi connectivity index (χ3n) is 3.07. The van der Waals surface area contributed by atoms with Crippen LogP contribution in [0.3, 0.4) is 0 Å². The summed E-state index contributed by atoms with van der Waals surface area (Å²) in [6.07, 6.45) is -4.43. The van der Waals surface area contributed by atoms with E-state index in [1.807, 2.05) is 6.92 Å². The van der Waals surface area contributed by atoms with E-state index < -0.39 is 11.7 Å². The third kappa shape index (κ3) is 2.99. The number of nitrogens with zero attached hydrogens (tertiary/aromatic N) is 1. The van der Waals surface area contributed by atoms with Crippen molar-refractivity contribution < 1.29 is 17.9 Å². The molecule has 0 bridgehead atoms. The highest BCUT2D eigenvalue weighted by Crippen LogP contribution is 2.32. The van der Waals surface area contributed by atoms with Crippen LogP contribution in [-0.2, 0) is 10.9 Å². The van der Waals surface area contributed by atoms with Gasteiger partial charge in [-0.25, -0.2) is 0 Å². The molecule has 1 aliphatic rings. The van der Waals surface area contributed by atoms with Gasteiger partial charge in [-0.2, -0.15) is 18.4 Å². The van der Waals surface area contributed by atoms with Gasteiger partial charge in [0.2, 0.25) is 0 Å². The van der Waals surface area contributed by atoms with Crippen LogP contribution < -0.4 is 5.32 Å². The summed E-state index contributed by atoms with van der Waals surface area (Å²) in [6, 6.07) is 4.92. The van der Waals surface area contributed by atoms with Gasteiger partial charge in [0.1, 0.15) is 6.07 Å². The van der Waals surface area contributed by atoms with Crippen LogP contribution in [0.1, 0.15) is 18.1 Å². The molecule has 0 saturated carbocycles. The Morgan fingerprint density at radius 2 is 2.11 bits per heavy atom. The Hall–Kier alpha value is -1.74. The van der Waals surface area contributed by atoms with E-state index in [1.165, 1.54) is 6.07 Å². The second kappa shape index (κ2) is 4.74. The lowest BCUT2D eigenvalue weighted by molar-refractivity contribution is -0.137. The summed E-state index contributed by atoms with van der Waals surface area (Å²) < 4.78 is 42.7. The highest BCUT2D eigenvalue weighted by atomic mass is 19.4. The molecule has 1 N–H and O–H groups in total. The number of rotatable bonds is 3. The number of anilines is 1. The number of halogens is 3. The number of ether oxygens (including phenoxy) is 1. The second-order valence-corrected chi connectivity index (χ2v) is 5.03. The molecule has 0 radical (unpaired) electrons. The van der Waals surface area contributed by atoms with Crippen molar-refractivity contribution in [1.29, 1.82) is 5.26 Å². The molecule has 0 aliphatic carbocycles. The topological polar surface area (TPSA) is 45.0 Å². The molecule has 0 amide bonds. The zero-order chi connectivity index (χ0) is 14.1. The zero-order valence-corrected chi connectivity index (χ0v) is 10.3. The standard InChI is InChI=1S/C13H13F3N2O/c1-12(7-19-8-12)6-18-11-3-2-10(13(14,15)16)4-9(11)5-17/h2-4,18H,6-8H2,1H3. The van der Waals surface area contributed by atoms with Gasteiger partial charge in [-0.15, -0.1) is 0 Å². The molecule has 6 heteroatoms. The fraction of sp³-hybridized carbons (Fsp3) is 0.462. The van der Waals surface area contributed by atoms with Crippen molar-refractivity contribution in [3.8, 4) is 6.07 Å². The average Bonchev–Trinajstić information content (AvgIpc) is 2.32. The van der Waals surface area contributed by atoms with Crippen molar-refractivity contribution in [1.82, 2.24) is 0 Å². The minimum absolute atomic E-state index is 0.00123. The van der Waals surface area contributed by atoms with E-state index in [-0.39, 0.29) is 11.0 Å². The Kier molecular flexibility index (Phi) is 3.42. The van der Waals surface area contributed by atoms with Gasteiger partial charge in [-0.05, 0) is 18.2 Å². The van der Waals surface area contributed by atoms with Crippen molar-refractivity contribution in [3.05, 3.63) is 29.3 Å². The van der Waals surface area contributed by atoms with Crippen LogP contribution in [-0.4, -0.2) is 19.8 Å². The van der Waals surface area contributed by atoms with Crippen LogP contribution in [0.15, 0.2) is 18.2 Å². The molecular weight excluding hydrogens is 257 g/mol. The van der Waals surface area contributed by atoms with Gasteiger partial charge in [0, 0.05) is 12.0 Å². The molecule has 0 aromatic heterocycles. The molecule has 102 valence electrons. The van der Waals surface area contributed by atoms with Crippen LogP contribution in [0.25, 0.3) is 0 Å².